The van der Waals surface area contributed by atoms with Gasteiger partial charge >= 0.3 is 0 Å². The monoisotopic (exact) mass is 263 g/mol. The fourth-order valence-electron chi connectivity index (χ4n) is 1.44. The van der Waals surface area contributed by atoms with Crippen LogP contribution in [0.4, 0.5) is 5.69 Å². The zero-order valence-electron chi connectivity index (χ0n) is 11.8. The first-order valence-electron chi connectivity index (χ1n) is 6.20. The number of hydrogen-bond donors (Lipinski definition) is 3. The molecule has 19 heavy (non-hydrogen) atoms. The highest BCUT2D eigenvalue weighted by atomic mass is 16.5. The van der Waals surface area contributed by atoms with E-state index in [-0.39, 0.29) is 18.0 Å². The lowest BCUT2D eigenvalue weighted by molar-refractivity contribution is 0.242. The van der Waals surface area contributed by atoms with E-state index in [1.54, 1.807) is 18.2 Å². The van der Waals surface area contributed by atoms with Crippen molar-refractivity contribution >= 4 is 11.5 Å². The first-order chi connectivity index (χ1) is 8.92. The number of nitrogens with two attached hydrogens (primary N) is 1. The maximum atomic E-state index is 7.20. The first kappa shape index (κ1) is 14.9. The molecule has 104 valence electrons. The molecule has 0 unspecified atom stereocenters. The number of benzene rings is 1. The van der Waals surface area contributed by atoms with Crippen LogP contribution in [0, 0.1) is 5.53 Å². The van der Waals surface area contributed by atoms with Crippen molar-refractivity contribution in [3.05, 3.63) is 23.8 Å². The van der Waals surface area contributed by atoms with Crippen LogP contribution in [0.2, 0.25) is 0 Å². The van der Waals surface area contributed by atoms with Crippen LogP contribution in [0.15, 0.2) is 28.4 Å². The smallest absolute Gasteiger partial charge is 0.200 e. The lowest BCUT2D eigenvalue weighted by atomic mass is 10.1. The van der Waals surface area contributed by atoms with Gasteiger partial charge in [0.15, 0.2) is 5.84 Å². The number of nitrogens with zero attached hydrogens (tertiary/aromatic N) is 2. The van der Waals surface area contributed by atoms with Crippen LogP contribution < -0.4 is 15.9 Å². The van der Waals surface area contributed by atoms with E-state index in [1.807, 2.05) is 27.7 Å². The summed E-state index contributed by atoms with van der Waals surface area (Å²) in [6, 6.07) is 5.40. The number of anilines is 1. The maximum absolute atomic E-state index is 7.20. The van der Waals surface area contributed by atoms with Gasteiger partial charge in [0.1, 0.15) is 5.75 Å². The van der Waals surface area contributed by atoms with Gasteiger partial charge in [-0.1, -0.05) is 0 Å². The Morgan fingerprint density at radius 1 is 1.26 bits per heavy atom. The highest BCUT2D eigenvalue weighted by Gasteiger charge is 2.08. The SMILES string of the molecule is CC(C)N/N=C(\N=N)c1cc(N)cc(OC(C)C)c1. The molecule has 0 saturated heterocycles. The minimum Gasteiger partial charge on any atom is -0.491 e. The molecule has 0 fully saturated rings. The van der Waals surface area contributed by atoms with Crippen molar-refractivity contribution in [3.8, 4) is 5.75 Å². The molecule has 0 aliphatic rings. The topological polar surface area (TPSA) is 95.9 Å². The Bertz CT molecular complexity index is 468. The predicted molar refractivity (Wildman–Crippen MR) is 76.6 cm³/mol. The van der Waals surface area contributed by atoms with E-state index in [1.165, 1.54) is 0 Å². The normalized spacial score (nSPS) is 11.8. The minimum atomic E-state index is 0.0526. The van der Waals surface area contributed by atoms with Gasteiger partial charge < -0.3 is 15.9 Å². The van der Waals surface area contributed by atoms with Crippen LogP contribution in [0.5, 0.6) is 5.75 Å². The van der Waals surface area contributed by atoms with Gasteiger partial charge in [0.05, 0.1) is 6.10 Å². The van der Waals surface area contributed by atoms with Gasteiger partial charge in [0, 0.05) is 23.4 Å². The average Bonchev–Trinajstić information content (AvgIpc) is 2.27. The lowest BCUT2D eigenvalue weighted by Gasteiger charge is -2.12. The molecule has 6 heteroatoms. The molecule has 0 atom stereocenters. The highest BCUT2D eigenvalue weighted by molar-refractivity contribution is 5.99. The van der Waals surface area contributed by atoms with Crippen molar-refractivity contribution in [2.24, 2.45) is 10.2 Å². The number of hydrazone groups is 1. The van der Waals surface area contributed by atoms with Crippen LogP contribution >= 0.6 is 0 Å². The molecule has 0 aliphatic heterocycles. The zero-order valence-corrected chi connectivity index (χ0v) is 11.8. The van der Waals surface area contributed by atoms with E-state index in [0.29, 0.717) is 17.0 Å². The maximum Gasteiger partial charge on any atom is 0.200 e. The molecule has 0 aromatic heterocycles. The summed E-state index contributed by atoms with van der Waals surface area (Å²) in [6.07, 6.45) is 0.0526. The Morgan fingerprint density at radius 3 is 2.47 bits per heavy atom. The Kier molecular flexibility index (Phi) is 5.29. The van der Waals surface area contributed by atoms with Gasteiger partial charge in [0.2, 0.25) is 0 Å². The van der Waals surface area contributed by atoms with E-state index in [2.05, 4.69) is 15.6 Å². The van der Waals surface area contributed by atoms with Crippen molar-refractivity contribution in [1.29, 1.82) is 5.53 Å². The largest absolute Gasteiger partial charge is 0.491 e. The van der Waals surface area contributed by atoms with Gasteiger partial charge in [-0.15, -0.1) is 5.11 Å². The second-order valence-electron chi connectivity index (χ2n) is 4.79. The van der Waals surface area contributed by atoms with Gasteiger partial charge in [-0.3, -0.25) is 0 Å². The van der Waals surface area contributed by atoms with E-state index >= 15 is 0 Å². The fraction of sp³-hybridized carbons (Fsp3) is 0.462. The van der Waals surface area contributed by atoms with Crippen LogP contribution in [-0.2, 0) is 0 Å². The summed E-state index contributed by atoms with van der Waals surface area (Å²) in [5.74, 6) is 0.917. The molecule has 4 N–H and O–H groups in total. The second-order valence-corrected chi connectivity index (χ2v) is 4.79. The molecule has 0 heterocycles. The minimum absolute atomic E-state index is 0.0526. The van der Waals surface area contributed by atoms with Gasteiger partial charge in [0.25, 0.3) is 0 Å². The number of rotatable bonds is 5. The summed E-state index contributed by atoms with van der Waals surface area (Å²) < 4.78 is 5.60. The Balaban J connectivity index is 3.06. The number of ether oxygens (including phenoxy) is 1. The molecular formula is C13H21N5O. The summed E-state index contributed by atoms with van der Waals surface area (Å²) in [4.78, 5) is 0. The molecule has 0 spiro atoms. The number of nitrogen functional groups attached to an aromatic ring is 1. The van der Waals surface area contributed by atoms with E-state index in [4.69, 9.17) is 16.0 Å². The molecule has 0 aliphatic carbocycles. The summed E-state index contributed by atoms with van der Waals surface area (Å²) in [6.45, 7) is 7.79. The number of hydrogen-bond acceptors (Lipinski definition) is 5. The highest BCUT2D eigenvalue weighted by Crippen LogP contribution is 2.21. The van der Waals surface area contributed by atoms with Crippen LogP contribution in [-0.4, -0.2) is 18.0 Å². The second kappa shape index (κ2) is 6.72. The third-order valence-corrected chi connectivity index (χ3v) is 2.09. The Labute approximate surface area is 113 Å². The molecule has 0 bridgehead atoms. The van der Waals surface area contributed by atoms with Crippen molar-refractivity contribution < 1.29 is 4.74 Å². The average molecular weight is 263 g/mol. The summed E-state index contributed by atoms with van der Waals surface area (Å²) in [7, 11) is 0. The van der Waals surface area contributed by atoms with Crippen molar-refractivity contribution in [2.75, 3.05) is 5.73 Å². The molecule has 1 aromatic rings. The summed E-state index contributed by atoms with van der Waals surface area (Å²) in [5, 5.41) is 7.49. The summed E-state index contributed by atoms with van der Waals surface area (Å²) >= 11 is 0. The molecule has 1 rings (SSSR count). The van der Waals surface area contributed by atoms with Gasteiger partial charge in [-0.2, -0.15) is 5.10 Å². The van der Waals surface area contributed by atoms with E-state index in [0.717, 1.165) is 0 Å². The van der Waals surface area contributed by atoms with Gasteiger partial charge in [-0.25, -0.2) is 5.53 Å². The lowest BCUT2D eigenvalue weighted by Crippen LogP contribution is -2.18. The van der Waals surface area contributed by atoms with Crippen molar-refractivity contribution in [2.45, 2.75) is 39.8 Å². The van der Waals surface area contributed by atoms with Gasteiger partial charge in [-0.05, 0) is 39.8 Å². The van der Waals surface area contributed by atoms with Crippen LogP contribution in [0.25, 0.3) is 0 Å². The summed E-state index contributed by atoms with van der Waals surface area (Å²) in [5.41, 5.74) is 17.1. The van der Waals surface area contributed by atoms with Crippen LogP contribution in [0.1, 0.15) is 33.3 Å². The Morgan fingerprint density at radius 2 is 1.95 bits per heavy atom. The third kappa shape index (κ3) is 4.95. The molecule has 6 nitrogen and oxygen atoms in total. The number of nitrogens with one attached hydrogen (secondary N) is 2. The van der Waals surface area contributed by atoms with Crippen molar-refractivity contribution in [3.63, 3.8) is 0 Å². The molecule has 0 radical (unpaired) electrons. The van der Waals surface area contributed by atoms with Crippen LogP contribution in [0.3, 0.4) is 0 Å². The first-order valence-corrected chi connectivity index (χ1v) is 6.20. The predicted octanol–water partition coefficient (Wildman–Crippen LogP) is 2.75. The molecular weight excluding hydrogens is 242 g/mol. The molecule has 1 aromatic carbocycles. The molecule has 0 saturated carbocycles. The quantitative estimate of drug-likeness (QED) is 0.250. The van der Waals surface area contributed by atoms with E-state index < -0.39 is 0 Å². The van der Waals surface area contributed by atoms with Crippen molar-refractivity contribution in [1.82, 2.24) is 5.43 Å². The molecule has 0 amide bonds. The number of amidine groups is 1. The third-order valence-electron chi connectivity index (χ3n) is 2.09. The van der Waals surface area contributed by atoms with E-state index in [9.17, 15) is 0 Å². The standard InChI is InChI=1S/C13H21N5O/c1-8(2)17-18-13(16-15)10-5-11(14)7-12(6-10)19-9(3)4/h5-9,15,17H,14H2,1-4H3/b16-15?,18-13-. The fourth-order valence-corrected chi connectivity index (χ4v) is 1.44. The zero-order chi connectivity index (χ0) is 14.4. The Hall–Kier alpha value is -2.11.